The van der Waals surface area contributed by atoms with Crippen molar-refractivity contribution in [2.75, 3.05) is 0 Å². The summed E-state index contributed by atoms with van der Waals surface area (Å²) in [7, 11) is 0. The number of aromatic hydroxyl groups is 1. The molecule has 3 nitrogen and oxygen atoms in total. The van der Waals surface area contributed by atoms with Crippen LogP contribution in [0, 0.1) is 11.8 Å². The van der Waals surface area contributed by atoms with Gasteiger partial charge in [0.15, 0.2) is 0 Å². The quantitative estimate of drug-likeness (QED) is 0.726. The summed E-state index contributed by atoms with van der Waals surface area (Å²) in [6, 6.07) is 5.62. The van der Waals surface area contributed by atoms with Crippen LogP contribution in [0.4, 0.5) is 0 Å². The lowest BCUT2D eigenvalue weighted by Gasteiger charge is -2.56. The number of benzene rings is 1. The van der Waals surface area contributed by atoms with Crippen molar-refractivity contribution >= 4 is 0 Å². The number of phenolic OH excluding ortho intramolecular Hbond substituents is 1. The van der Waals surface area contributed by atoms with Gasteiger partial charge in [0, 0.05) is 11.3 Å². The zero-order valence-corrected chi connectivity index (χ0v) is 15.1. The van der Waals surface area contributed by atoms with E-state index in [4.69, 9.17) is 0 Å². The highest BCUT2D eigenvalue weighted by atomic mass is 16.3. The Labute approximate surface area is 155 Å². The minimum absolute atomic E-state index is 0.0366. The number of rotatable bonds is 3. The second kappa shape index (κ2) is 6.40. The van der Waals surface area contributed by atoms with Gasteiger partial charge in [-0.1, -0.05) is 36.4 Å². The summed E-state index contributed by atoms with van der Waals surface area (Å²) < 4.78 is 0. The van der Waals surface area contributed by atoms with Crippen molar-refractivity contribution in [2.24, 2.45) is 11.8 Å². The van der Waals surface area contributed by atoms with Gasteiger partial charge in [0.1, 0.15) is 5.75 Å². The minimum atomic E-state index is -1.08. The molecule has 0 saturated heterocycles. The average molecular weight is 352 g/mol. The zero-order valence-electron chi connectivity index (χ0n) is 15.1. The monoisotopic (exact) mass is 352 g/mol. The molecule has 0 heterocycles. The predicted molar refractivity (Wildman–Crippen MR) is 103 cm³/mol. The number of aryl methyl sites for hydroxylation is 1. The van der Waals surface area contributed by atoms with Crippen LogP contribution in [0.3, 0.4) is 0 Å². The van der Waals surface area contributed by atoms with Gasteiger partial charge in [-0.25, -0.2) is 0 Å². The van der Waals surface area contributed by atoms with Gasteiger partial charge < -0.3 is 15.3 Å². The largest absolute Gasteiger partial charge is 0.508 e. The first kappa shape index (κ1) is 17.6. The standard InChI is InChI=1S/C23H28O3/c1-2-12-22-15-21(25)23(26,17-6-4-3-5-7-17)14-18(22)9-8-16-13-19(24)10-11-20(16)22/h2-6,10-11,13,17-18,21,24-26H,1,7-9,12,14-15H2/t17?,18-,21+,22-,23-/m1/s1. The SMILES string of the molecule is C=CC[C@@]12C[C@H](O)[C@](O)(C3C=CC=CC3)C[C@H]1CCc1cc(O)ccc12. The van der Waals surface area contributed by atoms with Crippen LogP contribution >= 0.6 is 0 Å². The second-order valence-electron chi connectivity index (χ2n) is 8.30. The maximum atomic E-state index is 11.5. The summed E-state index contributed by atoms with van der Waals surface area (Å²) in [5, 5.41) is 32.5. The number of aliphatic hydroxyl groups excluding tert-OH is 1. The zero-order chi connectivity index (χ0) is 18.4. The van der Waals surface area contributed by atoms with E-state index in [2.05, 4.69) is 12.7 Å². The molecule has 0 aliphatic heterocycles. The molecule has 3 aliphatic rings. The molecule has 0 aromatic heterocycles. The number of hydrogen-bond acceptors (Lipinski definition) is 3. The van der Waals surface area contributed by atoms with Crippen LogP contribution < -0.4 is 0 Å². The van der Waals surface area contributed by atoms with Gasteiger partial charge in [-0.15, -0.1) is 6.58 Å². The maximum Gasteiger partial charge on any atom is 0.115 e. The highest BCUT2D eigenvalue weighted by Crippen LogP contribution is 2.56. The van der Waals surface area contributed by atoms with Gasteiger partial charge in [-0.3, -0.25) is 0 Å². The van der Waals surface area contributed by atoms with Crippen molar-refractivity contribution in [3.63, 3.8) is 0 Å². The predicted octanol–water partition coefficient (Wildman–Crippen LogP) is 3.79. The topological polar surface area (TPSA) is 60.7 Å². The van der Waals surface area contributed by atoms with Crippen molar-refractivity contribution < 1.29 is 15.3 Å². The fraction of sp³-hybridized carbons (Fsp3) is 0.478. The number of aliphatic hydroxyl groups is 2. The first-order valence-electron chi connectivity index (χ1n) is 9.66. The molecule has 138 valence electrons. The summed E-state index contributed by atoms with van der Waals surface area (Å²) >= 11 is 0. The first-order chi connectivity index (χ1) is 12.5. The molecule has 1 unspecified atom stereocenters. The average Bonchev–Trinajstić information content (AvgIpc) is 2.64. The van der Waals surface area contributed by atoms with Crippen molar-refractivity contribution in [1.82, 2.24) is 0 Å². The number of allylic oxidation sites excluding steroid dienone is 4. The van der Waals surface area contributed by atoms with E-state index in [0.717, 1.165) is 25.7 Å². The number of phenols is 1. The molecule has 26 heavy (non-hydrogen) atoms. The van der Waals surface area contributed by atoms with Crippen LogP contribution in [0.25, 0.3) is 0 Å². The van der Waals surface area contributed by atoms with Gasteiger partial charge in [0.05, 0.1) is 11.7 Å². The molecular formula is C23H28O3. The summed E-state index contributed by atoms with van der Waals surface area (Å²) in [6.07, 6.45) is 13.8. The molecule has 1 aromatic rings. The lowest BCUT2D eigenvalue weighted by atomic mass is 9.51. The summed E-state index contributed by atoms with van der Waals surface area (Å²) in [5.74, 6) is 0.554. The lowest BCUT2D eigenvalue weighted by Crippen LogP contribution is -2.60. The number of fused-ring (bicyclic) bond motifs is 3. The summed E-state index contributed by atoms with van der Waals surface area (Å²) in [5.41, 5.74) is 1.10. The Kier molecular flexibility index (Phi) is 4.32. The van der Waals surface area contributed by atoms with Gasteiger partial charge in [-0.2, -0.15) is 0 Å². The first-order valence-corrected chi connectivity index (χ1v) is 9.66. The maximum absolute atomic E-state index is 11.5. The van der Waals surface area contributed by atoms with Crippen molar-refractivity contribution in [3.05, 3.63) is 66.3 Å². The normalized spacial score (nSPS) is 38.5. The summed E-state index contributed by atoms with van der Waals surface area (Å²) in [4.78, 5) is 0. The molecule has 3 heteroatoms. The molecule has 4 rings (SSSR count). The molecule has 0 bridgehead atoms. The lowest BCUT2D eigenvalue weighted by molar-refractivity contribution is -0.160. The molecule has 1 fully saturated rings. The second-order valence-corrected chi connectivity index (χ2v) is 8.30. The van der Waals surface area contributed by atoms with Crippen LogP contribution in [-0.4, -0.2) is 27.0 Å². The Morgan fingerprint density at radius 2 is 2.08 bits per heavy atom. The third kappa shape index (κ3) is 2.57. The Hall–Kier alpha value is -1.84. The van der Waals surface area contributed by atoms with E-state index in [1.54, 1.807) is 6.07 Å². The van der Waals surface area contributed by atoms with Crippen molar-refractivity contribution in [1.29, 1.82) is 0 Å². The van der Waals surface area contributed by atoms with E-state index in [0.29, 0.717) is 24.5 Å². The van der Waals surface area contributed by atoms with Crippen LogP contribution in [-0.2, 0) is 11.8 Å². The Balaban J connectivity index is 1.74. The third-order valence-electron chi connectivity index (χ3n) is 7.01. The van der Waals surface area contributed by atoms with Gasteiger partial charge in [0.25, 0.3) is 0 Å². The molecule has 0 amide bonds. The Morgan fingerprint density at radius 1 is 1.23 bits per heavy atom. The van der Waals surface area contributed by atoms with E-state index in [1.807, 2.05) is 36.4 Å². The summed E-state index contributed by atoms with van der Waals surface area (Å²) in [6.45, 7) is 3.97. The molecule has 0 radical (unpaired) electrons. The highest BCUT2D eigenvalue weighted by Gasteiger charge is 2.57. The molecule has 1 saturated carbocycles. The molecular weight excluding hydrogens is 324 g/mol. The van der Waals surface area contributed by atoms with Crippen molar-refractivity contribution in [3.8, 4) is 5.75 Å². The van der Waals surface area contributed by atoms with Crippen LogP contribution in [0.15, 0.2) is 55.2 Å². The van der Waals surface area contributed by atoms with E-state index in [-0.39, 0.29) is 11.3 Å². The van der Waals surface area contributed by atoms with Crippen LogP contribution in [0.2, 0.25) is 0 Å². The third-order valence-corrected chi connectivity index (χ3v) is 7.01. The van der Waals surface area contributed by atoms with E-state index in [9.17, 15) is 15.3 Å². The van der Waals surface area contributed by atoms with Gasteiger partial charge in [0.2, 0.25) is 0 Å². The Morgan fingerprint density at radius 3 is 2.81 bits per heavy atom. The van der Waals surface area contributed by atoms with Crippen molar-refractivity contribution in [2.45, 2.75) is 55.6 Å². The molecule has 0 spiro atoms. The van der Waals surface area contributed by atoms with E-state index >= 15 is 0 Å². The fourth-order valence-electron chi connectivity index (χ4n) is 5.69. The molecule has 1 aromatic carbocycles. The smallest absolute Gasteiger partial charge is 0.115 e. The number of hydrogen-bond donors (Lipinski definition) is 3. The van der Waals surface area contributed by atoms with Crippen LogP contribution in [0.5, 0.6) is 5.75 Å². The highest BCUT2D eigenvalue weighted by molar-refractivity contribution is 5.44. The van der Waals surface area contributed by atoms with Gasteiger partial charge in [-0.05, 0) is 67.7 Å². The van der Waals surface area contributed by atoms with E-state index in [1.165, 1.54) is 11.1 Å². The van der Waals surface area contributed by atoms with Gasteiger partial charge >= 0.3 is 0 Å². The Bertz CT molecular complexity index is 765. The molecule has 3 aliphatic carbocycles. The minimum Gasteiger partial charge on any atom is -0.508 e. The molecule has 3 N–H and O–H groups in total. The van der Waals surface area contributed by atoms with E-state index < -0.39 is 11.7 Å². The van der Waals surface area contributed by atoms with Crippen LogP contribution in [0.1, 0.15) is 43.2 Å². The molecule has 5 atom stereocenters. The fourth-order valence-corrected chi connectivity index (χ4v) is 5.69.